The van der Waals surface area contributed by atoms with Crippen LogP contribution < -0.4 is 0 Å². The fourth-order valence-corrected chi connectivity index (χ4v) is 6.43. The third-order valence-electron chi connectivity index (χ3n) is 9.72. The van der Waals surface area contributed by atoms with E-state index >= 15 is 0 Å². The van der Waals surface area contributed by atoms with Crippen molar-refractivity contribution >= 4 is 29.8 Å². The monoisotopic (exact) mass is 800 g/mol. The molecule has 0 aromatic carbocycles. The SMILES string of the molecule is CCCCCCCC(=O)OCCCCCCCCC(=O)OC1[C@H](O)O[C@H](COC(=O)CN(C)C)[C@@H]1OC(=O)CCCCCCCCOC(=O)CCCCCCC. The van der Waals surface area contributed by atoms with E-state index in [1.807, 2.05) is 0 Å². The van der Waals surface area contributed by atoms with E-state index < -0.39 is 42.5 Å². The van der Waals surface area contributed by atoms with Crippen LogP contribution in [0.4, 0.5) is 0 Å². The molecule has 0 amide bonds. The van der Waals surface area contributed by atoms with Crippen LogP contribution >= 0.6 is 0 Å². The number of unbranched alkanes of at least 4 members (excludes halogenated alkanes) is 18. The van der Waals surface area contributed by atoms with Crippen molar-refractivity contribution in [1.29, 1.82) is 0 Å². The van der Waals surface area contributed by atoms with Gasteiger partial charge in [0.05, 0.1) is 19.8 Å². The molecule has 1 unspecified atom stereocenters. The number of carbonyl (C=O) groups is 5. The van der Waals surface area contributed by atoms with Crippen molar-refractivity contribution in [1.82, 2.24) is 4.90 Å². The van der Waals surface area contributed by atoms with E-state index in [2.05, 4.69) is 13.8 Å². The van der Waals surface area contributed by atoms with Crippen molar-refractivity contribution in [2.24, 2.45) is 0 Å². The van der Waals surface area contributed by atoms with Crippen molar-refractivity contribution in [3.05, 3.63) is 0 Å². The first kappa shape index (κ1) is 51.2. The molecule has 1 aliphatic rings. The van der Waals surface area contributed by atoms with Crippen molar-refractivity contribution in [3.63, 3.8) is 0 Å². The van der Waals surface area contributed by atoms with Crippen LogP contribution in [0.2, 0.25) is 0 Å². The third kappa shape index (κ3) is 27.8. The van der Waals surface area contributed by atoms with Crippen LogP contribution in [-0.2, 0) is 52.4 Å². The van der Waals surface area contributed by atoms with E-state index in [4.69, 9.17) is 28.4 Å². The zero-order valence-corrected chi connectivity index (χ0v) is 35.4. The lowest BCUT2D eigenvalue weighted by atomic mass is 10.1. The van der Waals surface area contributed by atoms with Crippen molar-refractivity contribution in [3.8, 4) is 0 Å². The summed E-state index contributed by atoms with van der Waals surface area (Å²) in [4.78, 5) is 63.2. The highest BCUT2D eigenvalue weighted by atomic mass is 16.7. The second kappa shape index (κ2) is 34.3. The number of hydrogen-bond acceptors (Lipinski definition) is 13. The van der Waals surface area contributed by atoms with Gasteiger partial charge in [0.1, 0.15) is 12.7 Å². The number of aliphatic hydroxyl groups excluding tert-OH is 1. The Labute approximate surface area is 337 Å². The Balaban J connectivity index is 2.37. The predicted octanol–water partition coefficient (Wildman–Crippen LogP) is 7.90. The van der Waals surface area contributed by atoms with Gasteiger partial charge in [0.2, 0.25) is 0 Å². The number of aliphatic hydroxyl groups is 1. The van der Waals surface area contributed by atoms with Crippen LogP contribution in [0.3, 0.4) is 0 Å². The summed E-state index contributed by atoms with van der Waals surface area (Å²) in [5, 5.41) is 10.7. The lowest BCUT2D eigenvalue weighted by Gasteiger charge is -2.23. The fourth-order valence-electron chi connectivity index (χ4n) is 6.43. The summed E-state index contributed by atoms with van der Waals surface area (Å²) in [5.74, 6) is -1.81. The Hall–Kier alpha value is -2.77. The first-order chi connectivity index (χ1) is 27.1. The van der Waals surface area contributed by atoms with Gasteiger partial charge < -0.3 is 33.5 Å². The van der Waals surface area contributed by atoms with Gasteiger partial charge in [0, 0.05) is 25.7 Å². The van der Waals surface area contributed by atoms with E-state index in [0.717, 1.165) is 103 Å². The summed E-state index contributed by atoms with van der Waals surface area (Å²) in [6, 6.07) is 0. The van der Waals surface area contributed by atoms with Crippen LogP contribution in [0.25, 0.3) is 0 Å². The van der Waals surface area contributed by atoms with Crippen molar-refractivity contribution in [2.75, 3.05) is 40.5 Å². The zero-order valence-electron chi connectivity index (χ0n) is 35.4. The van der Waals surface area contributed by atoms with E-state index in [0.29, 0.717) is 38.9 Å². The molecule has 1 heterocycles. The maximum atomic E-state index is 12.9. The van der Waals surface area contributed by atoms with Crippen molar-refractivity contribution in [2.45, 2.75) is 205 Å². The molecule has 1 fully saturated rings. The quantitative estimate of drug-likeness (QED) is 0.0370. The molecule has 0 radical (unpaired) electrons. The number of esters is 5. The minimum atomic E-state index is -1.55. The molecule has 4 atom stereocenters. The van der Waals surface area contributed by atoms with Gasteiger partial charge in [-0.05, 0) is 52.6 Å². The first-order valence-corrected chi connectivity index (χ1v) is 21.9. The highest BCUT2D eigenvalue weighted by Gasteiger charge is 2.49. The molecule has 13 heteroatoms. The Morgan fingerprint density at radius 3 is 1.29 bits per heavy atom. The summed E-state index contributed by atoms with van der Waals surface area (Å²) < 4.78 is 32.8. The molecule has 0 aromatic heterocycles. The molecule has 1 rings (SSSR count). The molecule has 1 saturated heterocycles. The van der Waals surface area contributed by atoms with Gasteiger partial charge in [0.15, 0.2) is 18.5 Å². The predicted molar refractivity (Wildman–Crippen MR) is 213 cm³/mol. The molecule has 13 nitrogen and oxygen atoms in total. The van der Waals surface area contributed by atoms with E-state index in [1.165, 1.54) is 25.7 Å². The highest BCUT2D eigenvalue weighted by molar-refractivity contribution is 5.72. The minimum absolute atomic E-state index is 0.0369. The highest BCUT2D eigenvalue weighted by Crippen LogP contribution is 2.27. The summed E-state index contributed by atoms with van der Waals surface area (Å²) >= 11 is 0. The zero-order chi connectivity index (χ0) is 41.2. The van der Waals surface area contributed by atoms with Gasteiger partial charge in [-0.3, -0.25) is 28.9 Å². The molecule has 1 aliphatic heterocycles. The van der Waals surface area contributed by atoms with Crippen LogP contribution in [0.5, 0.6) is 0 Å². The average Bonchev–Trinajstić information content (AvgIpc) is 3.44. The Bertz CT molecular complexity index is 1050. The maximum absolute atomic E-state index is 12.9. The molecule has 1 N–H and O–H groups in total. The van der Waals surface area contributed by atoms with Crippen LogP contribution in [-0.4, -0.2) is 105 Å². The standard InChI is InChI=1S/C43H77NO12/c1-5-7-9-15-21-27-36(45)51-31-25-19-13-11-17-23-29-38(47)55-41-35(34-53-40(49)33-44(3)4)54-43(50)42(41)56-39(48)30-24-18-12-14-20-26-32-52-37(46)28-22-16-10-8-6-2/h35,41-43,50H,5-34H2,1-4H3/t35-,41+,42?,43-/m1/s1. The van der Waals surface area contributed by atoms with Crippen molar-refractivity contribution < 1.29 is 57.5 Å². The first-order valence-electron chi connectivity index (χ1n) is 21.9. The molecule has 0 bridgehead atoms. The number of nitrogens with zero attached hydrogens (tertiary/aromatic N) is 1. The lowest BCUT2D eigenvalue weighted by molar-refractivity contribution is -0.177. The Morgan fingerprint density at radius 2 is 0.857 bits per heavy atom. The number of rotatable bonds is 36. The normalized spacial score (nSPS) is 17.8. The molecule has 56 heavy (non-hydrogen) atoms. The van der Waals surface area contributed by atoms with Gasteiger partial charge in [-0.2, -0.15) is 0 Å². The third-order valence-corrected chi connectivity index (χ3v) is 9.72. The van der Waals surface area contributed by atoms with Crippen LogP contribution in [0, 0.1) is 0 Å². The van der Waals surface area contributed by atoms with Crippen LogP contribution in [0.1, 0.15) is 181 Å². The molecule has 0 aromatic rings. The van der Waals surface area contributed by atoms with E-state index in [9.17, 15) is 29.1 Å². The Morgan fingerprint density at radius 1 is 0.482 bits per heavy atom. The van der Waals surface area contributed by atoms with Gasteiger partial charge >= 0.3 is 29.8 Å². The molecule has 0 spiro atoms. The fraction of sp³-hybridized carbons (Fsp3) is 0.884. The molecular formula is C43H77NO12. The average molecular weight is 800 g/mol. The van der Waals surface area contributed by atoms with Gasteiger partial charge in [-0.25, -0.2) is 0 Å². The number of likely N-dealkylation sites (N-methyl/N-ethyl adjacent to an activating group) is 1. The maximum Gasteiger partial charge on any atom is 0.320 e. The van der Waals surface area contributed by atoms with E-state index in [-0.39, 0.29) is 37.9 Å². The second-order valence-corrected chi connectivity index (χ2v) is 15.4. The smallest absolute Gasteiger partial charge is 0.320 e. The minimum Gasteiger partial charge on any atom is -0.466 e. The number of ether oxygens (including phenoxy) is 6. The van der Waals surface area contributed by atoms with Gasteiger partial charge in [-0.15, -0.1) is 0 Å². The summed E-state index contributed by atoms with van der Waals surface area (Å²) in [6.07, 6.45) is 17.4. The Kier molecular flexibility index (Phi) is 31.4. The molecule has 0 aliphatic carbocycles. The summed E-state index contributed by atoms with van der Waals surface area (Å²) in [5.41, 5.74) is 0. The molecule has 0 saturated carbocycles. The number of carbonyl (C=O) groups excluding carboxylic acids is 5. The summed E-state index contributed by atoms with van der Waals surface area (Å²) in [7, 11) is 3.45. The topological polar surface area (TPSA) is 164 Å². The summed E-state index contributed by atoms with van der Waals surface area (Å²) in [6.45, 7) is 4.97. The molecule has 326 valence electrons. The number of hydrogen-bond donors (Lipinski definition) is 1. The van der Waals surface area contributed by atoms with E-state index in [1.54, 1.807) is 19.0 Å². The second-order valence-electron chi connectivity index (χ2n) is 15.4. The lowest BCUT2D eigenvalue weighted by Crippen LogP contribution is -2.42. The van der Waals surface area contributed by atoms with Crippen LogP contribution in [0.15, 0.2) is 0 Å². The van der Waals surface area contributed by atoms with Gasteiger partial charge in [-0.1, -0.05) is 117 Å². The largest absolute Gasteiger partial charge is 0.466 e. The molecular weight excluding hydrogens is 722 g/mol. The van der Waals surface area contributed by atoms with Gasteiger partial charge in [0.25, 0.3) is 0 Å².